The van der Waals surface area contributed by atoms with E-state index in [2.05, 4.69) is 5.32 Å². The molecule has 3 rings (SSSR count). The molecule has 2 atom stereocenters. The number of hydrogen-bond donors (Lipinski definition) is 2. The Morgan fingerprint density at radius 1 is 1.24 bits per heavy atom. The van der Waals surface area contributed by atoms with Gasteiger partial charge in [-0.1, -0.05) is 24.3 Å². The number of aliphatic hydroxyl groups is 1. The van der Waals surface area contributed by atoms with Crippen LogP contribution in [0.2, 0.25) is 0 Å². The van der Waals surface area contributed by atoms with E-state index in [-0.39, 0.29) is 18.0 Å². The Hall–Kier alpha value is -2.44. The number of cyclic esters (lactones) is 1. The molecule has 2 aromatic carbocycles. The number of ether oxygens (including phenoxy) is 1. The lowest BCUT2D eigenvalue weighted by molar-refractivity contribution is 0.170. The maximum absolute atomic E-state index is 12.9. The van der Waals surface area contributed by atoms with E-state index in [1.165, 1.54) is 12.1 Å². The predicted molar refractivity (Wildman–Crippen MR) is 92.9 cm³/mol. The third-order valence-corrected chi connectivity index (χ3v) is 4.31. The number of amides is 1. The molecule has 0 spiro atoms. The van der Waals surface area contributed by atoms with E-state index in [9.17, 15) is 14.3 Å². The topological polar surface area (TPSA) is 61.8 Å². The Balaban J connectivity index is 1.62. The zero-order valence-corrected chi connectivity index (χ0v) is 14.0. The van der Waals surface area contributed by atoms with Gasteiger partial charge in [-0.15, -0.1) is 0 Å². The van der Waals surface area contributed by atoms with Crippen LogP contribution >= 0.6 is 0 Å². The lowest BCUT2D eigenvalue weighted by Gasteiger charge is -2.20. The normalized spacial score (nSPS) is 16.6. The zero-order chi connectivity index (χ0) is 17.8. The second-order valence-corrected chi connectivity index (χ2v) is 6.06. The van der Waals surface area contributed by atoms with E-state index < -0.39 is 6.10 Å². The minimum atomic E-state index is -0.722. The first-order chi connectivity index (χ1) is 12.0. The van der Waals surface area contributed by atoms with Crippen LogP contribution in [-0.4, -0.2) is 30.9 Å². The number of carbonyl (C=O) groups excluding carboxylic acids is 1. The third-order valence-electron chi connectivity index (χ3n) is 4.31. The SMILES string of the molecule is CC(NCC(O)c1ccc(F)cc1)c1cccc(N2CCOC2=O)c1. The molecule has 2 N–H and O–H groups in total. The van der Waals surface area contributed by atoms with Gasteiger partial charge in [0.25, 0.3) is 0 Å². The second kappa shape index (κ2) is 7.63. The molecule has 2 unspecified atom stereocenters. The van der Waals surface area contributed by atoms with Crippen molar-refractivity contribution in [2.75, 3.05) is 24.6 Å². The average molecular weight is 344 g/mol. The molecule has 2 aromatic rings. The highest BCUT2D eigenvalue weighted by atomic mass is 19.1. The lowest BCUT2D eigenvalue weighted by atomic mass is 10.1. The number of halogens is 1. The minimum absolute atomic E-state index is 0.0197. The summed E-state index contributed by atoms with van der Waals surface area (Å²) in [5, 5.41) is 13.5. The maximum Gasteiger partial charge on any atom is 0.414 e. The van der Waals surface area contributed by atoms with Crippen molar-refractivity contribution in [1.29, 1.82) is 0 Å². The molecule has 1 heterocycles. The highest BCUT2D eigenvalue weighted by molar-refractivity contribution is 5.89. The molecule has 1 saturated heterocycles. The van der Waals surface area contributed by atoms with Crippen molar-refractivity contribution in [3.8, 4) is 0 Å². The van der Waals surface area contributed by atoms with Crippen molar-refractivity contribution >= 4 is 11.8 Å². The summed E-state index contributed by atoms with van der Waals surface area (Å²) in [6.45, 7) is 3.27. The summed E-state index contributed by atoms with van der Waals surface area (Å²) in [7, 11) is 0. The first-order valence-corrected chi connectivity index (χ1v) is 8.26. The summed E-state index contributed by atoms with van der Waals surface area (Å²) in [6, 6.07) is 13.5. The fourth-order valence-corrected chi connectivity index (χ4v) is 2.80. The Kier molecular flexibility index (Phi) is 5.31. The molecule has 0 aliphatic carbocycles. The van der Waals surface area contributed by atoms with E-state index in [1.54, 1.807) is 17.0 Å². The molecule has 25 heavy (non-hydrogen) atoms. The Bertz CT molecular complexity index is 736. The lowest BCUT2D eigenvalue weighted by Crippen LogP contribution is -2.26. The van der Waals surface area contributed by atoms with Gasteiger partial charge in [-0.3, -0.25) is 4.90 Å². The van der Waals surface area contributed by atoms with E-state index in [4.69, 9.17) is 4.74 Å². The number of nitrogens with zero attached hydrogens (tertiary/aromatic N) is 1. The van der Waals surface area contributed by atoms with Crippen LogP contribution in [0.3, 0.4) is 0 Å². The third kappa shape index (κ3) is 4.15. The number of nitrogens with one attached hydrogen (secondary N) is 1. The van der Waals surface area contributed by atoms with Crippen LogP contribution in [0.15, 0.2) is 48.5 Å². The fourth-order valence-electron chi connectivity index (χ4n) is 2.80. The Labute approximate surface area is 146 Å². The van der Waals surface area contributed by atoms with Gasteiger partial charge in [0, 0.05) is 18.3 Å². The van der Waals surface area contributed by atoms with Gasteiger partial charge in [0.05, 0.1) is 12.6 Å². The van der Waals surface area contributed by atoms with Gasteiger partial charge >= 0.3 is 6.09 Å². The molecule has 1 aliphatic rings. The van der Waals surface area contributed by atoms with Gasteiger partial charge in [-0.2, -0.15) is 0 Å². The molecule has 0 aromatic heterocycles. The summed E-state index contributed by atoms with van der Waals surface area (Å²) >= 11 is 0. The smallest absolute Gasteiger partial charge is 0.414 e. The van der Waals surface area contributed by atoms with Crippen LogP contribution in [0.25, 0.3) is 0 Å². The highest BCUT2D eigenvalue weighted by Crippen LogP contribution is 2.23. The van der Waals surface area contributed by atoms with Gasteiger partial charge in [0.2, 0.25) is 0 Å². The monoisotopic (exact) mass is 344 g/mol. The summed E-state index contributed by atoms with van der Waals surface area (Å²) in [4.78, 5) is 13.3. The summed E-state index contributed by atoms with van der Waals surface area (Å²) in [6.07, 6.45) is -1.05. The van der Waals surface area contributed by atoms with Crippen molar-refractivity contribution in [3.05, 3.63) is 65.5 Å². The van der Waals surface area contributed by atoms with Crippen molar-refractivity contribution in [3.63, 3.8) is 0 Å². The van der Waals surface area contributed by atoms with E-state index >= 15 is 0 Å². The molecule has 1 aliphatic heterocycles. The average Bonchev–Trinajstić information content (AvgIpc) is 3.06. The van der Waals surface area contributed by atoms with Crippen LogP contribution < -0.4 is 10.2 Å². The molecule has 0 saturated carbocycles. The highest BCUT2D eigenvalue weighted by Gasteiger charge is 2.24. The molecule has 6 heteroatoms. The number of rotatable bonds is 6. The zero-order valence-electron chi connectivity index (χ0n) is 14.0. The number of carbonyl (C=O) groups is 1. The summed E-state index contributed by atoms with van der Waals surface area (Å²) < 4.78 is 17.9. The summed E-state index contributed by atoms with van der Waals surface area (Å²) in [5.41, 5.74) is 2.46. The second-order valence-electron chi connectivity index (χ2n) is 6.06. The molecule has 132 valence electrons. The molecule has 0 bridgehead atoms. The molecule has 1 amide bonds. The number of benzene rings is 2. The number of aliphatic hydroxyl groups excluding tert-OH is 1. The van der Waals surface area contributed by atoms with Gasteiger partial charge < -0.3 is 15.2 Å². The molecular formula is C19H21FN2O3. The predicted octanol–water partition coefficient (Wildman–Crippen LogP) is 3.17. The van der Waals surface area contributed by atoms with E-state index in [1.807, 2.05) is 31.2 Å². The van der Waals surface area contributed by atoms with Crippen LogP contribution in [0.4, 0.5) is 14.9 Å². The Morgan fingerprint density at radius 3 is 2.68 bits per heavy atom. The van der Waals surface area contributed by atoms with E-state index in [0.29, 0.717) is 25.3 Å². The van der Waals surface area contributed by atoms with Crippen molar-refractivity contribution < 1.29 is 19.0 Å². The van der Waals surface area contributed by atoms with Gasteiger partial charge in [0.15, 0.2) is 0 Å². The van der Waals surface area contributed by atoms with Crippen LogP contribution in [-0.2, 0) is 4.74 Å². The van der Waals surface area contributed by atoms with Gasteiger partial charge in [-0.25, -0.2) is 9.18 Å². The summed E-state index contributed by atoms with van der Waals surface area (Å²) in [5.74, 6) is -0.325. The first kappa shape index (κ1) is 17.4. The van der Waals surface area contributed by atoms with Crippen LogP contribution in [0, 0.1) is 5.82 Å². The fraction of sp³-hybridized carbons (Fsp3) is 0.316. The van der Waals surface area contributed by atoms with Crippen LogP contribution in [0.1, 0.15) is 30.2 Å². The molecule has 5 nitrogen and oxygen atoms in total. The van der Waals surface area contributed by atoms with Gasteiger partial charge in [0.1, 0.15) is 12.4 Å². The largest absolute Gasteiger partial charge is 0.447 e. The number of hydrogen-bond acceptors (Lipinski definition) is 4. The van der Waals surface area contributed by atoms with Gasteiger partial charge in [-0.05, 0) is 42.3 Å². The van der Waals surface area contributed by atoms with Crippen molar-refractivity contribution in [1.82, 2.24) is 5.32 Å². The standard InChI is InChI=1S/C19H21FN2O3/c1-13(21-12-18(23)14-5-7-16(20)8-6-14)15-3-2-4-17(11-15)22-9-10-25-19(22)24/h2-8,11,13,18,21,23H,9-10,12H2,1H3. The molecule has 0 radical (unpaired) electrons. The first-order valence-electron chi connectivity index (χ1n) is 8.26. The van der Waals surface area contributed by atoms with Crippen LogP contribution in [0.5, 0.6) is 0 Å². The van der Waals surface area contributed by atoms with Crippen molar-refractivity contribution in [2.45, 2.75) is 19.1 Å². The van der Waals surface area contributed by atoms with Crippen molar-refractivity contribution in [2.24, 2.45) is 0 Å². The minimum Gasteiger partial charge on any atom is -0.447 e. The number of anilines is 1. The molecule has 1 fully saturated rings. The van der Waals surface area contributed by atoms with E-state index in [0.717, 1.165) is 11.3 Å². The quantitative estimate of drug-likeness (QED) is 0.845. The molecular weight excluding hydrogens is 323 g/mol. The Morgan fingerprint density at radius 2 is 2.00 bits per heavy atom. The maximum atomic E-state index is 12.9.